The van der Waals surface area contributed by atoms with E-state index in [0.717, 1.165) is 37.9 Å². The molecular formula is C23H28N2O4. The molecule has 0 spiro atoms. The Balaban J connectivity index is 1.44. The van der Waals surface area contributed by atoms with Crippen molar-refractivity contribution in [1.82, 2.24) is 4.90 Å². The predicted molar refractivity (Wildman–Crippen MR) is 112 cm³/mol. The van der Waals surface area contributed by atoms with Gasteiger partial charge < -0.3 is 19.7 Å². The third kappa shape index (κ3) is 5.73. The van der Waals surface area contributed by atoms with Gasteiger partial charge in [0.1, 0.15) is 11.5 Å². The molecule has 0 radical (unpaired) electrons. The lowest BCUT2D eigenvalue weighted by Gasteiger charge is -2.32. The zero-order chi connectivity index (χ0) is 20.6. The summed E-state index contributed by atoms with van der Waals surface area (Å²) >= 11 is 0. The first-order chi connectivity index (χ1) is 14.1. The predicted octanol–water partition coefficient (Wildman–Crippen LogP) is 3.97. The highest BCUT2D eigenvalue weighted by Crippen LogP contribution is 2.27. The van der Waals surface area contributed by atoms with Gasteiger partial charge in [-0.05, 0) is 37.3 Å². The SMILES string of the molecule is COc1cc(NC(=O)CCC2CCN(C(=O)c3ccccc3)CC2)cc(OC)c1. The minimum absolute atomic E-state index is 0.0249. The number of rotatable bonds is 7. The number of carbonyl (C=O) groups excluding carboxylic acids is 2. The Morgan fingerprint density at radius 1 is 1.00 bits per heavy atom. The van der Waals surface area contributed by atoms with Gasteiger partial charge in [-0.1, -0.05) is 18.2 Å². The zero-order valence-electron chi connectivity index (χ0n) is 17.0. The van der Waals surface area contributed by atoms with Crippen LogP contribution in [-0.2, 0) is 4.79 Å². The molecule has 154 valence electrons. The maximum Gasteiger partial charge on any atom is 0.253 e. The van der Waals surface area contributed by atoms with E-state index in [1.165, 1.54) is 0 Å². The topological polar surface area (TPSA) is 67.9 Å². The number of hydrogen-bond acceptors (Lipinski definition) is 4. The average Bonchev–Trinajstić information content (AvgIpc) is 2.77. The number of carbonyl (C=O) groups is 2. The third-order valence-corrected chi connectivity index (χ3v) is 5.34. The highest BCUT2D eigenvalue weighted by molar-refractivity contribution is 5.94. The van der Waals surface area contributed by atoms with Crippen molar-refractivity contribution < 1.29 is 19.1 Å². The van der Waals surface area contributed by atoms with Gasteiger partial charge in [0.25, 0.3) is 5.91 Å². The van der Waals surface area contributed by atoms with Crippen molar-refractivity contribution in [2.75, 3.05) is 32.6 Å². The lowest BCUT2D eigenvalue weighted by molar-refractivity contribution is -0.116. The summed E-state index contributed by atoms with van der Waals surface area (Å²) in [5.41, 5.74) is 1.40. The second kappa shape index (κ2) is 9.96. The Labute approximate surface area is 171 Å². The molecule has 1 aliphatic rings. The van der Waals surface area contributed by atoms with E-state index in [1.54, 1.807) is 32.4 Å². The summed E-state index contributed by atoms with van der Waals surface area (Å²) in [6.07, 6.45) is 3.13. The van der Waals surface area contributed by atoms with E-state index in [0.29, 0.717) is 29.5 Å². The summed E-state index contributed by atoms with van der Waals surface area (Å²) in [5.74, 6) is 1.79. The number of nitrogens with one attached hydrogen (secondary N) is 1. The highest BCUT2D eigenvalue weighted by atomic mass is 16.5. The van der Waals surface area contributed by atoms with Gasteiger partial charge >= 0.3 is 0 Å². The first-order valence-corrected chi connectivity index (χ1v) is 9.96. The maximum absolute atomic E-state index is 12.5. The molecule has 29 heavy (non-hydrogen) atoms. The number of hydrogen-bond donors (Lipinski definition) is 1. The summed E-state index contributed by atoms with van der Waals surface area (Å²) in [5, 5.41) is 2.92. The summed E-state index contributed by atoms with van der Waals surface area (Å²) in [6, 6.07) is 14.7. The third-order valence-electron chi connectivity index (χ3n) is 5.34. The van der Waals surface area contributed by atoms with Gasteiger partial charge in [-0.15, -0.1) is 0 Å². The van der Waals surface area contributed by atoms with Crippen molar-refractivity contribution in [3.05, 3.63) is 54.1 Å². The molecule has 1 aliphatic heterocycles. The molecule has 6 heteroatoms. The van der Waals surface area contributed by atoms with Crippen molar-refractivity contribution in [3.63, 3.8) is 0 Å². The number of piperidine rings is 1. The second-order valence-corrected chi connectivity index (χ2v) is 7.29. The number of nitrogens with zero attached hydrogens (tertiary/aromatic N) is 1. The summed E-state index contributed by atoms with van der Waals surface area (Å²) in [4.78, 5) is 26.8. The van der Waals surface area contributed by atoms with E-state index < -0.39 is 0 Å². The highest BCUT2D eigenvalue weighted by Gasteiger charge is 2.24. The molecule has 1 heterocycles. The van der Waals surface area contributed by atoms with Crippen LogP contribution in [0.3, 0.4) is 0 Å². The zero-order valence-corrected chi connectivity index (χ0v) is 17.0. The lowest BCUT2D eigenvalue weighted by Crippen LogP contribution is -2.38. The number of anilines is 1. The van der Waals surface area contributed by atoms with Crippen LogP contribution in [0.5, 0.6) is 11.5 Å². The van der Waals surface area contributed by atoms with Crippen LogP contribution in [-0.4, -0.2) is 44.0 Å². The molecule has 0 bridgehead atoms. The van der Waals surface area contributed by atoms with Gasteiger partial charge in [0, 0.05) is 49.0 Å². The Hall–Kier alpha value is -3.02. The fraction of sp³-hybridized carbons (Fsp3) is 0.391. The molecule has 0 saturated carbocycles. The van der Waals surface area contributed by atoms with Gasteiger partial charge in [0.2, 0.25) is 5.91 Å². The molecule has 1 saturated heterocycles. The summed E-state index contributed by atoms with van der Waals surface area (Å²) < 4.78 is 10.5. The molecule has 2 amide bonds. The quantitative estimate of drug-likeness (QED) is 0.769. The Morgan fingerprint density at radius 2 is 1.62 bits per heavy atom. The van der Waals surface area contributed by atoms with Crippen molar-refractivity contribution in [3.8, 4) is 11.5 Å². The van der Waals surface area contributed by atoms with Crippen LogP contribution in [0.2, 0.25) is 0 Å². The van der Waals surface area contributed by atoms with E-state index in [2.05, 4.69) is 5.32 Å². The van der Waals surface area contributed by atoms with Gasteiger partial charge in [-0.25, -0.2) is 0 Å². The van der Waals surface area contributed by atoms with Crippen LogP contribution in [0.4, 0.5) is 5.69 Å². The van der Waals surface area contributed by atoms with Crippen LogP contribution < -0.4 is 14.8 Å². The maximum atomic E-state index is 12.5. The number of amides is 2. The molecule has 0 unspecified atom stereocenters. The van der Waals surface area contributed by atoms with Crippen LogP contribution >= 0.6 is 0 Å². The molecule has 6 nitrogen and oxygen atoms in total. The molecule has 1 N–H and O–H groups in total. The minimum Gasteiger partial charge on any atom is -0.497 e. The van der Waals surface area contributed by atoms with Gasteiger partial charge in [0.15, 0.2) is 0 Å². The molecular weight excluding hydrogens is 368 g/mol. The van der Waals surface area contributed by atoms with Crippen molar-refractivity contribution >= 4 is 17.5 Å². The average molecular weight is 396 g/mol. The molecule has 0 atom stereocenters. The van der Waals surface area contributed by atoms with Gasteiger partial charge in [0.05, 0.1) is 14.2 Å². The Bertz CT molecular complexity index is 808. The number of methoxy groups -OCH3 is 2. The normalized spacial score (nSPS) is 14.3. The van der Waals surface area contributed by atoms with E-state index in [1.807, 2.05) is 35.2 Å². The van der Waals surface area contributed by atoms with Gasteiger partial charge in [-0.2, -0.15) is 0 Å². The monoisotopic (exact) mass is 396 g/mol. The molecule has 0 aliphatic carbocycles. The fourth-order valence-corrected chi connectivity index (χ4v) is 3.63. The first kappa shape index (κ1) is 20.7. The molecule has 1 fully saturated rings. The largest absolute Gasteiger partial charge is 0.497 e. The van der Waals surface area contributed by atoms with E-state index in [9.17, 15) is 9.59 Å². The summed E-state index contributed by atoms with van der Waals surface area (Å²) in [6.45, 7) is 1.49. The Kier molecular flexibility index (Phi) is 7.11. The van der Waals surface area contributed by atoms with Gasteiger partial charge in [-0.3, -0.25) is 9.59 Å². The smallest absolute Gasteiger partial charge is 0.253 e. The molecule has 0 aromatic heterocycles. The van der Waals surface area contributed by atoms with Crippen molar-refractivity contribution in [1.29, 1.82) is 0 Å². The minimum atomic E-state index is -0.0249. The fourth-order valence-electron chi connectivity index (χ4n) is 3.63. The van der Waals surface area contributed by atoms with Crippen LogP contribution in [0.1, 0.15) is 36.0 Å². The second-order valence-electron chi connectivity index (χ2n) is 7.29. The number of likely N-dealkylation sites (tertiary alicyclic amines) is 1. The standard InChI is InChI=1S/C23H28N2O4/c1-28-20-14-19(15-21(16-20)29-2)24-22(26)9-8-17-10-12-25(13-11-17)23(27)18-6-4-3-5-7-18/h3-7,14-17H,8-13H2,1-2H3,(H,24,26). The summed E-state index contributed by atoms with van der Waals surface area (Å²) in [7, 11) is 3.16. The van der Waals surface area contributed by atoms with E-state index >= 15 is 0 Å². The number of benzene rings is 2. The lowest BCUT2D eigenvalue weighted by atomic mass is 9.91. The molecule has 2 aromatic carbocycles. The number of ether oxygens (including phenoxy) is 2. The van der Waals surface area contributed by atoms with Crippen molar-refractivity contribution in [2.45, 2.75) is 25.7 Å². The molecule has 3 rings (SSSR count). The van der Waals surface area contributed by atoms with E-state index in [-0.39, 0.29) is 11.8 Å². The Morgan fingerprint density at radius 3 is 2.21 bits per heavy atom. The van der Waals surface area contributed by atoms with Crippen LogP contribution in [0, 0.1) is 5.92 Å². The first-order valence-electron chi connectivity index (χ1n) is 9.96. The van der Waals surface area contributed by atoms with Crippen LogP contribution in [0.25, 0.3) is 0 Å². The molecule has 2 aromatic rings. The van der Waals surface area contributed by atoms with Crippen molar-refractivity contribution in [2.24, 2.45) is 5.92 Å². The van der Waals surface area contributed by atoms with E-state index in [4.69, 9.17) is 9.47 Å². The van der Waals surface area contributed by atoms with Crippen LogP contribution in [0.15, 0.2) is 48.5 Å².